The van der Waals surface area contributed by atoms with Crippen LogP contribution >= 0.6 is 0 Å². The van der Waals surface area contributed by atoms with E-state index in [0.717, 1.165) is 50.1 Å². The molecule has 0 radical (unpaired) electrons. The summed E-state index contributed by atoms with van der Waals surface area (Å²) >= 11 is 0. The number of aryl methyl sites for hydroxylation is 2. The van der Waals surface area contributed by atoms with Crippen LogP contribution in [-0.2, 0) is 11.2 Å². The Hall–Kier alpha value is -2.53. The van der Waals surface area contributed by atoms with E-state index in [1.54, 1.807) is 0 Å². The molecule has 0 spiro atoms. The van der Waals surface area contributed by atoms with Crippen LogP contribution in [0.15, 0.2) is 42.5 Å². The number of likely N-dealkylation sites (tertiary alicyclic amines) is 1. The largest absolute Gasteiger partial charge is 0.397 e. The minimum atomic E-state index is 0.116. The van der Waals surface area contributed by atoms with E-state index in [9.17, 15) is 4.79 Å². The summed E-state index contributed by atoms with van der Waals surface area (Å²) in [5.41, 5.74) is 11.3. The van der Waals surface area contributed by atoms with Crippen LogP contribution in [0.1, 0.15) is 29.5 Å². The van der Waals surface area contributed by atoms with Crippen molar-refractivity contribution in [3.63, 3.8) is 0 Å². The Labute approximate surface area is 174 Å². The molecule has 1 fully saturated rings. The Morgan fingerprint density at radius 1 is 1.14 bits per heavy atom. The monoisotopic (exact) mass is 394 g/mol. The average molecular weight is 395 g/mol. The van der Waals surface area contributed by atoms with Gasteiger partial charge in [0, 0.05) is 32.7 Å². The lowest BCUT2D eigenvalue weighted by Crippen LogP contribution is -2.47. The van der Waals surface area contributed by atoms with Crippen molar-refractivity contribution in [2.24, 2.45) is 0 Å². The van der Waals surface area contributed by atoms with Gasteiger partial charge in [0.15, 0.2) is 0 Å². The van der Waals surface area contributed by atoms with Crippen molar-refractivity contribution in [3.05, 3.63) is 59.2 Å². The first-order chi connectivity index (χ1) is 13.9. The van der Waals surface area contributed by atoms with E-state index < -0.39 is 0 Å². The lowest BCUT2D eigenvalue weighted by atomic mass is 10.0. The normalized spacial score (nSPS) is 15.3. The summed E-state index contributed by atoms with van der Waals surface area (Å²) in [6.07, 6.45) is 3.15. The molecule has 1 amide bonds. The van der Waals surface area contributed by atoms with Crippen LogP contribution in [0.2, 0.25) is 0 Å². The Morgan fingerprint density at radius 3 is 2.48 bits per heavy atom. The maximum atomic E-state index is 12.7. The highest BCUT2D eigenvalue weighted by molar-refractivity contribution is 5.82. The third kappa shape index (κ3) is 5.73. The molecule has 1 saturated heterocycles. The number of carbonyl (C=O) groups excluding carboxylic acids is 1. The molecule has 0 aliphatic carbocycles. The predicted molar refractivity (Wildman–Crippen MR) is 121 cm³/mol. The second-order valence-electron chi connectivity index (χ2n) is 8.19. The number of amides is 1. The molecule has 0 saturated carbocycles. The van der Waals surface area contributed by atoms with E-state index >= 15 is 0 Å². The summed E-state index contributed by atoms with van der Waals surface area (Å²) in [7, 11) is 1.93. The Balaban J connectivity index is 1.43. The van der Waals surface area contributed by atoms with Gasteiger partial charge < -0.3 is 20.9 Å². The third-order valence-electron chi connectivity index (χ3n) is 6.15. The third-order valence-corrected chi connectivity index (χ3v) is 6.15. The zero-order chi connectivity index (χ0) is 20.8. The van der Waals surface area contributed by atoms with Crippen LogP contribution in [0.25, 0.3) is 0 Å². The molecule has 5 nitrogen and oxygen atoms in total. The fraction of sp³-hybridized carbons (Fsp3) is 0.458. The molecule has 3 rings (SSSR count). The zero-order valence-electron chi connectivity index (χ0n) is 17.9. The maximum absolute atomic E-state index is 12.7. The number of nitrogens with two attached hydrogens (primary N) is 1. The first-order valence-corrected chi connectivity index (χ1v) is 10.6. The molecule has 29 heavy (non-hydrogen) atoms. The SMILES string of the molecule is Cc1cc(N)c(NCC(=O)N(C)C2CCN(CCc3ccccc3)CC2)cc1C. The van der Waals surface area contributed by atoms with Crippen molar-refractivity contribution in [2.75, 3.05) is 44.3 Å². The first kappa shape index (κ1) is 21.2. The second-order valence-corrected chi connectivity index (χ2v) is 8.19. The molecule has 2 aromatic carbocycles. The van der Waals surface area contributed by atoms with Crippen LogP contribution in [0, 0.1) is 13.8 Å². The molecule has 0 aromatic heterocycles. The van der Waals surface area contributed by atoms with Crippen LogP contribution in [-0.4, -0.2) is 55.0 Å². The summed E-state index contributed by atoms with van der Waals surface area (Å²) in [4.78, 5) is 17.1. The number of piperidine rings is 1. The quantitative estimate of drug-likeness (QED) is 0.706. The molecule has 156 valence electrons. The van der Waals surface area contributed by atoms with Gasteiger partial charge in [0.05, 0.1) is 17.9 Å². The van der Waals surface area contributed by atoms with Crippen LogP contribution in [0.3, 0.4) is 0 Å². The lowest BCUT2D eigenvalue weighted by Gasteiger charge is -2.37. The summed E-state index contributed by atoms with van der Waals surface area (Å²) in [6, 6.07) is 14.9. The highest BCUT2D eigenvalue weighted by Gasteiger charge is 2.25. The van der Waals surface area contributed by atoms with E-state index in [-0.39, 0.29) is 12.5 Å². The fourth-order valence-electron chi connectivity index (χ4n) is 3.95. The smallest absolute Gasteiger partial charge is 0.241 e. The Bertz CT molecular complexity index is 813. The van der Waals surface area contributed by atoms with E-state index in [1.165, 1.54) is 11.1 Å². The fourth-order valence-corrected chi connectivity index (χ4v) is 3.95. The van der Waals surface area contributed by atoms with Gasteiger partial charge in [-0.3, -0.25) is 4.79 Å². The molecule has 5 heteroatoms. The number of anilines is 2. The van der Waals surface area contributed by atoms with Crippen LogP contribution in [0.4, 0.5) is 11.4 Å². The van der Waals surface area contributed by atoms with Crippen molar-refractivity contribution in [1.29, 1.82) is 0 Å². The summed E-state index contributed by atoms with van der Waals surface area (Å²) in [5, 5.41) is 3.22. The van der Waals surface area contributed by atoms with Gasteiger partial charge in [-0.05, 0) is 61.9 Å². The highest BCUT2D eigenvalue weighted by Crippen LogP contribution is 2.23. The predicted octanol–water partition coefficient (Wildman–Crippen LogP) is 3.46. The minimum Gasteiger partial charge on any atom is -0.397 e. The topological polar surface area (TPSA) is 61.6 Å². The summed E-state index contributed by atoms with van der Waals surface area (Å²) in [6.45, 7) is 7.55. The lowest BCUT2D eigenvalue weighted by molar-refractivity contribution is -0.130. The van der Waals surface area contributed by atoms with Crippen molar-refractivity contribution >= 4 is 17.3 Å². The van der Waals surface area contributed by atoms with Gasteiger partial charge in [-0.2, -0.15) is 0 Å². The number of likely N-dealkylation sites (N-methyl/N-ethyl adjacent to an activating group) is 1. The van der Waals surface area contributed by atoms with Crippen molar-refractivity contribution in [3.8, 4) is 0 Å². The van der Waals surface area contributed by atoms with Crippen molar-refractivity contribution < 1.29 is 4.79 Å². The minimum absolute atomic E-state index is 0.116. The second kappa shape index (κ2) is 9.79. The molecule has 0 bridgehead atoms. The van der Waals surface area contributed by atoms with Crippen molar-refractivity contribution in [1.82, 2.24) is 9.80 Å². The molecular weight excluding hydrogens is 360 g/mol. The van der Waals surface area contributed by atoms with E-state index in [0.29, 0.717) is 11.7 Å². The van der Waals surface area contributed by atoms with Gasteiger partial charge in [0.25, 0.3) is 0 Å². The van der Waals surface area contributed by atoms with Crippen molar-refractivity contribution in [2.45, 2.75) is 39.2 Å². The Morgan fingerprint density at radius 2 is 1.79 bits per heavy atom. The highest BCUT2D eigenvalue weighted by atomic mass is 16.2. The molecule has 2 aromatic rings. The van der Waals surface area contributed by atoms with Gasteiger partial charge in [-0.25, -0.2) is 0 Å². The van der Waals surface area contributed by atoms with Crippen LogP contribution < -0.4 is 11.1 Å². The zero-order valence-corrected chi connectivity index (χ0v) is 17.9. The van der Waals surface area contributed by atoms with Gasteiger partial charge >= 0.3 is 0 Å². The number of hydrogen-bond donors (Lipinski definition) is 2. The van der Waals surface area contributed by atoms with Gasteiger partial charge in [-0.15, -0.1) is 0 Å². The molecule has 1 heterocycles. The molecule has 0 unspecified atom stereocenters. The maximum Gasteiger partial charge on any atom is 0.241 e. The molecule has 1 aliphatic rings. The number of benzene rings is 2. The van der Waals surface area contributed by atoms with Crippen LogP contribution in [0.5, 0.6) is 0 Å². The number of nitrogens with one attached hydrogen (secondary N) is 1. The van der Waals surface area contributed by atoms with Gasteiger partial charge in [0.1, 0.15) is 0 Å². The molecule has 3 N–H and O–H groups in total. The van der Waals surface area contributed by atoms with Gasteiger partial charge in [0.2, 0.25) is 5.91 Å². The number of nitrogen functional groups attached to an aromatic ring is 1. The summed E-state index contributed by atoms with van der Waals surface area (Å²) < 4.78 is 0. The molecule has 0 atom stereocenters. The first-order valence-electron chi connectivity index (χ1n) is 10.6. The number of hydrogen-bond acceptors (Lipinski definition) is 4. The summed E-state index contributed by atoms with van der Waals surface area (Å²) in [5.74, 6) is 0.116. The Kier molecular flexibility index (Phi) is 7.15. The average Bonchev–Trinajstić information content (AvgIpc) is 2.74. The number of rotatable bonds is 7. The van der Waals surface area contributed by atoms with Gasteiger partial charge in [-0.1, -0.05) is 30.3 Å². The molecular formula is C24H34N4O. The molecule has 1 aliphatic heterocycles. The van der Waals surface area contributed by atoms with E-state index in [4.69, 9.17) is 5.73 Å². The van der Waals surface area contributed by atoms with E-state index in [1.807, 2.05) is 31.0 Å². The number of nitrogens with zero attached hydrogens (tertiary/aromatic N) is 2. The van der Waals surface area contributed by atoms with E-state index in [2.05, 4.69) is 47.5 Å². The standard InChI is InChI=1S/C24H34N4O/c1-18-15-22(25)23(16-19(18)2)26-17-24(29)27(3)21-10-13-28(14-11-21)12-9-20-7-5-4-6-8-20/h4-8,15-16,21,26H,9-14,17,25H2,1-3H3. The number of carbonyl (C=O) groups is 1.